The zero-order valence-corrected chi connectivity index (χ0v) is 11.7. The monoisotopic (exact) mass is 296 g/mol. The van der Waals surface area contributed by atoms with Gasteiger partial charge in [-0.25, -0.2) is 19.3 Å². The van der Waals surface area contributed by atoms with E-state index in [4.69, 9.17) is 5.73 Å². The Balaban J connectivity index is 2.04. The standard InChI is InChI=1S/C13H12N8O/c1-2-20-8-4-6-15-12(21-7-3-5-16-21)9(8)17-13(20)10-11(14)19-22-18-10/h3-7H,2H2,1H3,(H2,14,19). The third-order valence-electron chi connectivity index (χ3n) is 3.41. The summed E-state index contributed by atoms with van der Waals surface area (Å²) in [5.41, 5.74) is 7.85. The average Bonchev–Trinajstić information content (AvgIpc) is 3.25. The first kappa shape index (κ1) is 12.5. The molecule has 4 rings (SSSR count). The van der Waals surface area contributed by atoms with Crippen LogP contribution in [0.25, 0.3) is 28.4 Å². The highest BCUT2D eigenvalue weighted by molar-refractivity contribution is 5.86. The van der Waals surface area contributed by atoms with Crippen LogP contribution in [0.5, 0.6) is 0 Å². The van der Waals surface area contributed by atoms with E-state index >= 15 is 0 Å². The summed E-state index contributed by atoms with van der Waals surface area (Å²) in [6.45, 7) is 2.71. The molecule has 0 unspecified atom stereocenters. The van der Waals surface area contributed by atoms with E-state index < -0.39 is 0 Å². The molecule has 22 heavy (non-hydrogen) atoms. The molecule has 0 spiro atoms. The first-order valence-corrected chi connectivity index (χ1v) is 6.73. The smallest absolute Gasteiger partial charge is 0.199 e. The zero-order valence-electron chi connectivity index (χ0n) is 11.7. The van der Waals surface area contributed by atoms with E-state index in [0.717, 1.165) is 5.52 Å². The molecule has 0 aliphatic rings. The molecule has 0 amide bonds. The average molecular weight is 296 g/mol. The Morgan fingerprint density at radius 2 is 2.18 bits per heavy atom. The molecule has 0 saturated carbocycles. The van der Waals surface area contributed by atoms with Crippen molar-refractivity contribution in [3.8, 4) is 17.3 Å². The number of nitrogen functional groups attached to an aromatic ring is 1. The van der Waals surface area contributed by atoms with Gasteiger partial charge < -0.3 is 10.3 Å². The Labute approximate surface area is 124 Å². The molecule has 0 bridgehead atoms. The van der Waals surface area contributed by atoms with Crippen LogP contribution in [0.2, 0.25) is 0 Å². The molecule has 9 nitrogen and oxygen atoms in total. The van der Waals surface area contributed by atoms with Gasteiger partial charge in [-0.05, 0) is 29.4 Å². The predicted molar refractivity (Wildman–Crippen MR) is 78.0 cm³/mol. The van der Waals surface area contributed by atoms with Gasteiger partial charge in [0.25, 0.3) is 0 Å². The van der Waals surface area contributed by atoms with E-state index in [1.165, 1.54) is 0 Å². The predicted octanol–water partition coefficient (Wildman–Crippen LogP) is 1.27. The minimum Gasteiger partial charge on any atom is -0.379 e. The topological polar surface area (TPSA) is 113 Å². The first-order chi connectivity index (χ1) is 10.8. The molecule has 0 aromatic carbocycles. The van der Waals surface area contributed by atoms with Crippen molar-refractivity contribution in [1.29, 1.82) is 0 Å². The summed E-state index contributed by atoms with van der Waals surface area (Å²) in [5.74, 6) is 1.45. The Morgan fingerprint density at radius 3 is 2.86 bits per heavy atom. The second kappa shape index (κ2) is 4.65. The highest BCUT2D eigenvalue weighted by Crippen LogP contribution is 2.28. The minimum atomic E-state index is 0.207. The fourth-order valence-electron chi connectivity index (χ4n) is 2.45. The van der Waals surface area contributed by atoms with Gasteiger partial charge in [-0.2, -0.15) is 5.10 Å². The summed E-state index contributed by atoms with van der Waals surface area (Å²) in [5, 5.41) is 11.7. The summed E-state index contributed by atoms with van der Waals surface area (Å²) in [6.07, 6.45) is 5.23. The second-order valence-electron chi connectivity index (χ2n) is 4.63. The number of nitrogens with zero attached hydrogens (tertiary/aromatic N) is 7. The van der Waals surface area contributed by atoms with E-state index in [1.807, 2.05) is 29.8 Å². The van der Waals surface area contributed by atoms with Gasteiger partial charge in [0.15, 0.2) is 23.2 Å². The summed E-state index contributed by atoms with van der Waals surface area (Å²) < 4.78 is 8.34. The summed E-state index contributed by atoms with van der Waals surface area (Å²) in [7, 11) is 0. The first-order valence-electron chi connectivity index (χ1n) is 6.73. The van der Waals surface area contributed by atoms with Gasteiger partial charge in [-0.1, -0.05) is 0 Å². The number of pyridine rings is 1. The van der Waals surface area contributed by atoms with Crippen LogP contribution in [0.3, 0.4) is 0 Å². The normalized spacial score (nSPS) is 11.3. The van der Waals surface area contributed by atoms with Crippen molar-refractivity contribution in [2.45, 2.75) is 13.5 Å². The number of imidazole rings is 1. The lowest BCUT2D eigenvalue weighted by molar-refractivity contribution is 0.310. The summed E-state index contributed by atoms with van der Waals surface area (Å²) in [6, 6.07) is 3.73. The molecule has 2 N–H and O–H groups in total. The molecule has 0 saturated heterocycles. The van der Waals surface area contributed by atoms with Gasteiger partial charge in [-0.15, -0.1) is 0 Å². The molecule has 0 aliphatic heterocycles. The third kappa shape index (κ3) is 1.68. The fourth-order valence-corrected chi connectivity index (χ4v) is 2.45. The number of rotatable bonds is 3. The van der Waals surface area contributed by atoms with Gasteiger partial charge in [0.05, 0.1) is 5.52 Å². The van der Waals surface area contributed by atoms with Gasteiger partial charge in [-0.3, -0.25) is 0 Å². The van der Waals surface area contributed by atoms with Crippen molar-refractivity contribution >= 4 is 16.9 Å². The number of aromatic nitrogens is 7. The Bertz CT molecular complexity index is 936. The number of fused-ring (bicyclic) bond motifs is 1. The van der Waals surface area contributed by atoms with Gasteiger partial charge >= 0.3 is 0 Å². The maximum absolute atomic E-state index is 5.80. The van der Waals surface area contributed by atoms with E-state index in [2.05, 4.69) is 30.0 Å². The van der Waals surface area contributed by atoms with Crippen LogP contribution < -0.4 is 5.73 Å². The van der Waals surface area contributed by atoms with Gasteiger partial charge in [0.2, 0.25) is 0 Å². The van der Waals surface area contributed by atoms with Crippen molar-refractivity contribution in [3.05, 3.63) is 30.7 Å². The molecule has 0 fully saturated rings. The lowest BCUT2D eigenvalue weighted by Crippen LogP contribution is -2.00. The Hall–Kier alpha value is -3.23. The van der Waals surface area contributed by atoms with E-state index in [9.17, 15) is 0 Å². The van der Waals surface area contributed by atoms with Gasteiger partial charge in [0.1, 0.15) is 5.52 Å². The summed E-state index contributed by atoms with van der Waals surface area (Å²) >= 11 is 0. The molecule has 110 valence electrons. The van der Waals surface area contributed by atoms with Crippen molar-refractivity contribution in [1.82, 2.24) is 34.6 Å². The van der Waals surface area contributed by atoms with Crippen LogP contribution in [0.1, 0.15) is 6.92 Å². The van der Waals surface area contributed by atoms with Crippen LogP contribution in [-0.4, -0.2) is 34.6 Å². The highest BCUT2D eigenvalue weighted by atomic mass is 16.6. The van der Waals surface area contributed by atoms with Crippen molar-refractivity contribution in [2.24, 2.45) is 0 Å². The Morgan fingerprint density at radius 1 is 1.27 bits per heavy atom. The SMILES string of the molecule is CCn1c(-c2nonc2N)nc2c(-n3cccn3)nccc21. The molecule has 0 aliphatic carbocycles. The maximum atomic E-state index is 5.80. The van der Waals surface area contributed by atoms with E-state index in [-0.39, 0.29) is 5.82 Å². The molecule has 0 atom stereocenters. The molecular weight excluding hydrogens is 284 g/mol. The minimum absolute atomic E-state index is 0.207. The van der Waals surface area contributed by atoms with Crippen molar-refractivity contribution in [3.63, 3.8) is 0 Å². The molecule has 4 heterocycles. The van der Waals surface area contributed by atoms with Crippen molar-refractivity contribution in [2.75, 3.05) is 5.73 Å². The third-order valence-corrected chi connectivity index (χ3v) is 3.41. The molecule has 9 heteroatoms. The van der Waals surface area contributed by atoms with Crippen LogP contribution in [0.15, 0.2) is 35.4 Å². The number of aryl methyl sites for hydroxylation is 1. The fraction of sp³-hybridized carbons (Fsp3) is 0.154. The molecular formula is C13H12N8O. The number of nitrogens with two attached hydrogens (primary N) is 1. The maximum Gasteiger partial charge on any atom is 0.199 e. The lowest BCUT2D eigenvalue weighted by atomic mass is 10.3. The molecule has 4 aromatic rings. The quantitative estimate of drug-likeness (QED) is 0.605. The number of anilines is 1. The summed E-state index contributed by atoms with van der Waals surface area (Å²) in [4.78, 5) is 9.02. The molecule has 0 radical (unpaired) electrons. The van der Waals surface area contributed by atoms with Crippen LogP contribution in [0, 0.1) is 0 Å². The second-order valence-corrected chi connectivity index (χ2v) is 4.63. The van der Waals surface area contributed by atoms with Gasteiger partial charge in [0, 0.05) is 25.1 Å². The largest absolute Gasteiger partial charge is 0.379 e. The van der Waals surface area contributed by atoms with E-state index in [0.29, 0.717) is 29.4 Å². The van der Waals surface area contributed by atoms with Crippen LogP contribution >= 0.6 is 0 Å². The van der Waals surface area contributed by atoms with E-state index in [1.54, 1.807) is 17.1 Å². The number of hydrogen-bond donors (Lipinski definition) is 1. The number of hydrogen-bond acceptors (Lipinski definition) is 7. The molecule has 4 aromatic heterocycles. The lowest BCUT2D eigenvalue weighted by Gasteiger charge is -2.04. The van der Waals surface area contributed by atoms with Crippen LogP contribution in [-0.2, 0) is 6.54 Å². The Kier molecular flexibility index (Phi) is 2.65. The zero-order chi connectivity index (χ0) is 15.1. The van der Waals surface area contributed by atoms with Crippen molar-refractivity contribution < 1.29 is 4.63 Å². The van der Waals surface area contributed by atoms with Crippen LogP contribution in [0.4, 0.5) is 5.82 Å². The highest BCUT2D eigenvalue weighted by Gasteiger charge is 2.20.